The van der Waals surface area contributed by atoms with Crippen LogP contribution < -0.4 is 11.1 Å². The molecule has 0 fully saturated rings. The lowest BCUT2D eigenvalue weighted by atomic mass is 10.0. The number of rotatable bonds is 46. The van der Waals surface area contributed by atoms with Crippen LogP contribution in [0.25, 0.3) is 0 Å². The highest BCUT2D eigenvalue weighted by Gasteiger charge is 2.27. The van der Waals surface area contributed by atoms with Gasteiger partial charge in [0.2, 0.25) is 5.91 Å². The Bertz CT molecular complexity index is 924. The van der Waals surface area contributed by atoms with Crippen molar-refractivity contribution >= 4 is 13.7 Å². The van der Waals surface area contributed by atoms with Gasteiger partial charge < -0.3 is 26.2 Å². The summed E-state index contributed by atoms with van der Waals surface area (Å²) >= 11 is 0. The normalized spacial score (nSPS) is 14.6. The second-order valence-electron chi connectivity index (χ2n) is 16.9. The molecule has 1 amide bonds. The summed E-state index contributed by atoms with van der Waals surface area (Å²) in [6.45, 7) is 4.01. The molecule has 10 heteroatoms. The van der Waals surface area contributed by atoms with Gasteiger partial charge in [-0.25, -0.2) is 4.57 Å². The minimum absolute atomic E-state index is 0.0517. The summed E-state index contributed by atoms with van der Waals surface area (Å²) < 4.78 is 22.1. The van der Waals surface area contributed by atoms with Crippen LogP contribution in [-0.2, 0) is 18.4 Å². The topological polar surface area (TPSA) is 151 Å². The molecule has 0 saturated heterocycles. The van der Waals surface area contributed by atoms with E-state index in [-0.39, 0.29) is 19.6 Å². The van der Waals surface area contributed by atoms with Crippen LogP contribution in [0.2, 0.25) is 0 Å². The molecule has 4 atom stereocenters. The molecule has 0 aliphatic carbocycles. The van der Waals surface area contributed by atoms with Crippen molar-refractivity contribution in [3.63, 3.8) is 0 Å². The fourth-order valence-electron chi connectivity index (χ4n) is 7.47. The van der Waals surface area contributed by atoms with Crippen LogP contribution in [0, 0.1) is 0 Å². The van der Waals surface area contributed by atoms with Gasteiger partial charge in [-0.2, -0.15) is 0 Å². The second-order valence-corrected chi connectivity index (χ2v) is 18.3. The number of nitrogens with two attached hydrogens (primary N) is 1. The molecule has 0 aromatic carbocycles. The molecule has 0 saturated carbocycles. The van der Waals surface area contributed by atoms with Crippen molar-refractivity contribution < 1.29 is 33.5 Å². The molecule has 57 heavy (non-hydrogen) atoms. The lowest BCUT2D eigenvalue weighted by Crippen LogP contribution is -2.46. The van der Waals surface area contributed by atoms with Gasteiger partial charge in [0.25, 0.3) is 0 Å². The summed E-state index contributed by atoms with van der Waals surface area (Å²) in [7, 11) is -4.40. The largest absolute Gasteiger partial charge is 0.472 e. The van der Waals surface area contributed by atoms with E-state index in [1.165, 1.54) is 180 Å². The Morgan fingerprint density at radius 2 is 0.965 bits per heavy atom. The zero-order chi connectivity index (χ0) is 41.9. The third-order valence-electron chi connectivity index (χ3n) is 11.2. The maximum Gasteiger partial charge on any atom is 0.472 e. The number of carbonyl (C=O) groups is 1. The van der Waals surface area contributed by atoms with E-state index in [1.54, 1.807) is 6.08 Å². The zero-order valence-electron chi connectivity index (χ0n) is 37.5. The van der Waals surface area contributed by atoms with E-state index in [2.05, 4.69) is 19.2 Å². The molecule has 0 aromatic rings. The van der Waals surface area contributed by atoms with E-state index >= 15 is 0 Å². The average Bonchev–Trinajstić information content (AvgIpc) is 3.19. The Kier molecular flexibility index (Phi) is 42.7. The fourth-order valence-corrected chi connectivity index (χ4v) is 8.23. The Hall–Kier alpha value is -0.800. The molecule has 0 heterocycles. The molecule has 0 rings (SSSR count). The molecule has 9 nitrogen and oxygen atoms in total. The summed E-state index contributed by atoms with van der Waals surface area (Å²) in [5, 5.41) is 24.1. The minimum atomic E-state index is -4.40. The van der Waals surface area contributed by atoms with Crippen LogP contribution >= 0.6 is 7.82 Å². The third kappa shape index (κ3) is 41.7. The van der Waals surface area contributed by atoms with Gasteiger partial charge >= 0.3 is 7.82 Å². The Morgan fingerprint density at radius 3 is 1.35 bits per heavy atom. The molecule has 0 bridgehead atoms. The summed E-state index contributed by atoms with van der Waals surface area (Å²) in [5.74, 6) is -0.441. The van der Waals surface area contributed by atoms with Crippen LogP contribution in [0.4, 0.5) is 0 Å². The molecule has 6 N–H and O–H groups in total. The summed E-state index contributed by atoms with van der Waals surface area (Å²) in [6.07, 6.45) is 45.8. The van der Waals surface area contributed by atoms with Crippen LogP contribution in [0.5, 0.6) is 0 Å². The van der Waals surface area contributed by atoms with Gasteiger partial charge in [0, 0.05) is 6.54 Å². The Balaban J connectivity index is 4.22. The highest BCUT2D eigenvalue weighted by Crippen LogP contribution is 2.43. The predicted octanol–water partition coefficient (Wildman–Crippen LogP) is 12.9. The average molecular weight is 831 g/mol. The first-order chi connectivity index (χ1) is 27.8. The second kappa shape index (κ2) is 43.3. The number of aliphatic hydroxyl groups excluding tert-OH is 2. The van der Waals surface area contributed by atoms with Crippen LogP contribution in [0.1, 0.15) is 245 Å². The van der Waals surface area contributed by atoms with E-state index in [9.17, 15) is 24.5 Å². The van der Waals surface area contributed by atoms with Crippen molar-refractivity contribution in [2.24, 2.45) is 5.73 Å². The van der Waals surface area contributed by atoms with Crippen molar-refractivity contribution in [1.29, 1.82) is 0 Å². The van der Waals surface area contributed by atoms with E-state index in [0.717, 1.165) is 38.5 Å². The number of hydrogen-bond donors (Lipinski definition) is 5. The van der Waals surface area contributed by atoms with Crippen molar-refractivity contribution in [3.8, 4) is 0 Å². The minimum Gasteiger partial charge on any atom is -0.393 e. The van der Waals surface area contributed by atoms with Crippen molar-refractivity contribution in [1.82, 2.24) is 5.32 Å². The van der Waals surface area contributed by atoms with Gasteiger partial charge in [-0.05, 0) is 19.3 Å². The number of carbonyl (C=O) groups excluding carboxylic acids is 1. The van der Waals surface area contributed by atoms with Crippen molar-refractivity contribution in [2.45, 2.75) is 263 Å². The fraction of sp³-hybridized carbons (Fsp3) is 0.936. The Morgan fingerprint density at radius 1 is 0.596 bits per heavy atom. The molecule has 0 aliphatic rings. The maximum atomic E-state index is 12.8. The molecule has 0 spiro atoms. The number of phosphoric acid groups is 1. The molecule has 340 valence electrons. The highest BCUT2D eigenvalue weighted by molar-refractivity contribution is 7.47. The first-order valence-corrected chi connectivity index (χ1v) is 25.9. The summed E-state index contributed by atoms with van der Waals surface area (Å²) in [6, 6.07) is -0.978. The molecule has 4 unspecified atom stereocenters. The first-order valence-electron chi connectivity index (χ1n) is 24.4. The molecular weight excluding hydrogens is 735 g/mol. The van der Waals surface area contributed by atoms with Crippen LogP contribution in [-0.4, -0.2) is 59.0 Å². The van der Waals surface area contributed by atoms with Gasteiger partial charge in [-0.3, -0.25) is 13.8 Å². The van der Waals surface area contributed by atoms with Gasteiger partial charge in [-0.1, -0.05) is 231 Å². The lowest BCUT2D eigenvalue weighted by Gasteiger charge is -2.24. The van der Waals surface area contributed by atoms with Crippen LogP contribution in [0.15, 0.2) is 12.2 Å². The molecule has 0 radical (unpaired) electrons. The number of phosphoric ester groups is 1. The van der Waals surface area contributed by atoms with Gasteiger partial charge in [-0.15, -0.1) is 0 Å². The SMILES string of the molecule is CCCCCCCCCCCCCCCCCC/C=C/C(O)C(COP(=O)(O)OCCN)NC(=O)CC(O)CCCCCCCCCCCCCCCCCCC. The molecule has 0 aromatic heterocycles. The molecular formula is C47H95N2O7P. The van der Waals surface area contributed by atoms with Crippen molar-refractivity contribution in [2.75, 3.05) is 19.8 Å². The summed E-state index contributed by atoms with van der Waals surface area (Å²) in [4.78, 5) is 22.8. The van der Waals surface area contributed by atoms with Gasteiger partial charge in [0.15, 0.2) is 0 Å². The maximum absolute atomic E-state index is 12.8. The quantitative estimate of drug-likeness (QED) is 0.0231. The first kappa shape index (κ1) is 56.2. The lowest BCUT2D eigenvalue weighted by molar-refractivity contribution is -0.124. The number of amides is 1. The number of aliphatic hydroxyl groups is 2. The number of nitrogens with one attached hydrogen (secondary N) is 1. The van der Waals surface area contributed by atoms with E-state index < -0.39 is 38.6 Å². The predicted molar refractivity (Wildman–Crippen MR) is 241 cm³/mol. The number of allylic oxidation sites excluding steroid dienone is 1. The van der Waals surface area contributed by atoms with Gasteiger partial charge in [0.1, 0.15) is 0 Å². The Labute approximate surface area is 352 Å². The summed E-state index contributed by atoms with van der Waals surface area (Å²) in [5.41, 5.74) is 5.38. The third-order valence-corrected chi connectivity index (χ3v) is 12.2. The van der Waals surface area contributed by atoms with E-state index in [4.69, 9.17) is 14.8 Å². The zero-order valence-corrected chi connectivity index (χ0v) is 38.4. The van der Waals surface area contributed by atoms with Crippen molar-refractivity contribution in [3.05, 3.63) is 12.2 Å². The monoisotopic (exact) mass is 831 g/mol. The number of hydrogen-bond acceptors (Lipinski definition) is 7. The van der Waals surface area contributed by atoms with E-state index in [0.29, 0.717) is 6.42 Å². The van der Waals surface area contributed by atoms with E-state index in [1.807, 2.05) is 6.08 Å². The number of unbranched alkanes of at least 4 members (excludes halogenated alkanes) is 32. The standard InChI is InChI=1S/C47H95N2O7P/c1-3-5-7-9-11-13-15-17-19-21-23-25-27-29-31-33-35-37-39-46(51)45(43-56-57(53,54)55-41-40-48)49-47(52)42-44(50)38-36-34-32-30-28-26-24-22-20-18-16-14-12-10-8-6-4-2/h37,39,44-46,50-51H,3-36,38,40-43,48H2,1-2H3,(H,49,52)(H,53,54)/b39-37+. The van der Waals surface area contributed by atoms with Crippen LogP contribution in [0.3, 0.4) is 0 Å². The smallest absolute Gasteiger partial charge is 0.393 e. The van der Waals surface area contributed by atoms with Gasteiger partial charge in [0.05, 0.1) is 37.9 Å². The molecule has 0 aliphatic heterocycles. The highest BCUT2D eigenvalue weighted by atomic mass is 31.2.